The van der Waals surface area contributed by atoms with Gasteiger partial charge in [-0.3, -0.25) is 9.59 Å². The van der Waals surface area contributed by atoms with Crippen molar-refractivity contribution in [1.29, 1.82) is 0 Å². The fraction of sp³-hybridized carbons (Fsp3) is 0.207. The van der Waals surface area contributed by atoms with E-state index >= 15 is 0 Å². The van der Waals surface area contributed by atoms with Crippen molar-refractivity contribution in [3.63, 3.8) is 0 Å². The Kier molecular flexibility index (Phi) is 6.91. The maximum atomic E-state index is 13.6. The molecule has 0 radical (unpaired) electrons. The highest BCUT2D eigenvalue weighted by Gasteiger charge is 2.29. The van der Waals surface area contributed by atoms with Crippen LogP contribution in [0.5, 0.6) is 0 Å². The molecule has 5 rings (SSSR count). The van der Waals surface area contributed by atoms with E-state index in [4.69, 9.17) is 0 Å². The number of hydrogen-bond donors (Lipinski definition) is 2. The molecule has 3 aromatic carbocycles. The summed E-state index contributed by atoms with van der Waals surface area (Å²) >= 11 is 0. The van der Waals surface area contributed by atoms with Crippen molar-refractivity contribution in [2.24, 2.45) is 0 Å². The highest BCUT2D eigenvalue weighted by atomic mass is 16.2. The second-order valence-electron chi connectivity index (χ2n) is 9.18. The van der Waals surface area contributed by atoms with Gasteiger partial charge in [-0.05, 0) is 31.2 Å². The van der Waals surface area contributed by atoms with Gasteiger partial charge in [0.2, 0.25) is 0 Å². The number of aryl methyl sites for hydroxylation is 1. The number of quaternary nitrogens is 1. The fourth-order valence-corrected chi connectivity index (χ4v) is 4.53. The molecule has 1 fully saturated rings. The molecule has 182 valence electrons. The molecule has 4 aromatic rings. The van der Waals surface area contributed by atoms with E-state index in [-0.39, 0.29) is 11.8 Å². The number of rotatable bonds is 6. The molecule has 36 heavy (non-hydrogen) atoms. The lowest BCUT2D eigenvalue weighted by molar-refractivity contribution is -0.917. The summed E-state index contributed by atoms with van der Waals surface area (Å²) in [4.78, 5) is 30.0. The Hall–Kier alpha value is -4.23. The monoisotopic (exact) mass is 480 g/mol. The van der Waals surface area contributed by atoms with Gasteiger partial charge < -0.3 is 15.1 Å². The van der Waals surface area contributed by atoms with Gasteiger partial charge in [0.05, 0.1) is 38.1 Å². The molecule has 0 saturated carbocycles. The van der Waals surface area contributed by atoms with Crippen LogP contribution in [0.4, 0.5) is 5.82 Å². The number of piperazine rings is 1. The third-order valence-electron chi connectivity index (χ3n) is 6.60. The van der Waals surface area contributed by atoms with Gasteiger partial charge in [-0.15, -0.1) is 0 Å². The lowest BCUT2D eigenvalue weighted by Gasteiger charge is -2.32. The Morgan fingerprint density at radius 2 is 1.53 bits per heavy atom. The van der Waals surface area contributed by atoms with Crippen molar-refractivity contribution in [3.05, 3.63) is 113 Å². The molecular formula is C29H30N5O2+. The van der Waals surface area contributed by atoms with Gasteiger partial charge in [-0.25, -0.2) is 4.68 Å². The average molecular weight is 481 g/mol. The summed E-state index contributed by atoms with van der Waals surface area (Å²) in [6, 6.07) is 27.3. The van der Waals surface area contributed by atoms with Gasteiger partial charge >= 0.3 is 0 Å². The summed E-state index contributed by atoms with van der Waals surface area (Å²) in [5.74, 6) is -0.00941. The van der Waals surface area contributed by atoms with Crippen molar-refractivity contribution >= 4 is 17.6 Å². The maximum absolute atomic E-state index is 13.6. The number of nitrogens with zero attached hydrogens (tertiary/aromatic N) is 3. The van der Waals surface area contributed by atoms with E-state index in [1.165, 1.54) is 10.5 Å². The largest absolute Gasteiger partial charge is 0.328 e. The van der Waals surface area contributed by atoms with Crippen LogP contribution >= 0.6 is 0 Å². The number of carbonyl (C=O) groups excluding carboxylic acids is 2. The first-order valence-electron chi connectivity index (χ1n) is 12.3. The highest BCUT2D eigenvalue weighted by molar-refractivity contribution is 6.08. The third kappa shape index (κ3) is 5.21. The third-order valence-corrected chi connectivity index (χ3v) is 6.60. The van der Waals surface area contributed by atoms with E-state index < -0.39 is 0 Å². The van der Waals surface area contributed by atoms with Crippen LogP contribution in [0.15, 0.2) is 91.1 Å². The van der Waals surface area contributed by atoms with Gasteiger partial charge in [0.25, 0.3) is 11.8 Å². The van der Waals surface area contributed by atoms with E-state index in [1.54, 1.807) is 23.0 Å². The fourth-order valence-electron chi connectivity index (χ4n) is 4.53. The summed E-state index contributed by atoms with van der Waals surface area (Å²) in [5.41, 5.74) is 4.07. The minimum Gasteiger partial charge on any atom is -0.328 e. The zero-order valence-electron chi connectivity index (χ0n) is 20.4. The summed E-state index contributed by atoms with van der Waals surface area (Å²) in [6.45, 7) is 5.99. The molecule has 1 aliphatic heterocycles. The quantitative estimate of drug-likeness (QED) is 0.446. The number of aromatic nitrogens is 2. The molecular weight excluding hydrogens is 450 g/mol. The van der Waals surface area contributed by atoms with Crippen molar-refractivity contribution < 1.29 is 14.5 Å². The van der Waals surface area contributed by atoms with Gasteiger partial charge in [-0.1, -0.05) is 66.2 Å². The highest BCUT2D eigenvalue weighted by Crippen LogP contribution is 2.23. The number of para-hydroxylation sites is 1. The predicted molar refractivity (Wildman–Crippen MR) is 139 cm³/mol. The normalized spacial score (nSPS) is 14.0. The van der Waals surface area contributed by atoms with Crippen LogP contribution in [0, 0.1) is 6.92 Å². The Morgan fingerprint density at radius 3 is 2.19 bits per heavy atom. The zero-order valence-corrected chi connectivity index (χ0v) is 20.4. The van der Waals surface area contributed by atoms with Crippen LogP contribution in [0.2, 0.25) is 0 Å². The second kappa shape index (κ2) is 10.6. The van der Waals surface area contributed by atoms with E-state index in [0.29, 0.717) is 30.0 Å². The van der Waals surface area contributed by atoms with E-state index in [0.717, 1.165) is 30.9 Å². The van der Waals surface area contributed by atoms with E-state index in [1.807, 2.05) is 60.4 Å². The molecule has 0 atom stereocenters. The number of hydrogen-bond acceptors (Lipinski definition) is 3. The lowest BCUT2D eigenvalue weighted by atomic mass is 10.1. The number of amides is 2. The number of anilines is 1. The van der Waals surface area contributed by atoms with Crippen LogP contribution in [0.1, 0.15) is 31.8 Å². The molecule has 1 aromatic heterocycles. The van der Waals surface area contributed by atoms with Gasteiger partial charge in [0, 0.05) is 11.1 Å². The zero-order chi connectivity index (χ0) is 24.9. The summed E-state index contributed by atoms with van der Waals surface area (Å²) < 4.78 is 1.62. The molecule has 2 N–H and O–H groups in total. The molecule has 1 aliphatic rings. The summed E-state index contributed by atoms with van der Waals surface area (Å²) in [7, 11) is 0. The first-order valence-corrected chi connectivity index (χ1v) is 12.3. The topological polar surface area (TPSA) is 71.7 Å². The predicted octanol–water partition coefficient (Wildman–Crippen LogP) is 2.97. The SMILES string of the molecule is Cc1ccc(C(=O)Nc2c(C(=O)N3CC[NH+](Cc4ccccc4)CC3)cnn2-c2ccccc2)cc1. The van der Waals surface area contributed by atoms with E-state index in [2.05, 4.69) is 34.7 Å². The van der Waals surface area contributed by atoms with Crippen molar-refractivity contribution in [2.75, 3.05) is 31.5 Å². The first kappa shape index (κ1) is 23.5. The molecule has 0 aliphatic carbocycles. The molecule has 0 spiro atoms. The van der Waals surface area contributed by atoms with Gasteiger partial charge in [0.15, 0.2) is 0 Å². The number of nitrogens with one attached hydrogen (secondary N) is 2. The Morgan fingerprint density at radius 1 is 0.889 bits per heavy atom. The smallest absolute Gasteiger partial charge is 0.259 e. The second-order valence-corrected chi connectivity index (χ2v) is 9.18. The lowest BCUT2D eigenvalue weighted by Crippen LogP contribution is -3.13. The maximum Gasteiger partial charge on any atom is 0.259 e. The molecule has 0 unspecified atom stereocenters. The average Bonchev–Trinajstić information content (AvgIpc) is 3.33. The molecule has 7 heteroatoms. The Balaban J connectivity index is 1.36. The summed E-state index contributed by atoms with van der Waals surface area (Å²) in [6.07, 6.45) is 1.56. The van der Waals surface area contributed by atoms with Crippen LogP contribution < -0.4 is 10.2 Å². The van der Waals surface area contributed by atoms with Gasteiger partial charge in [-0.2, -0.15) is 5.10 Å². The molecule has 2 amide bonds. The number of benzene rings is 3. The first-order chi connectivity index (χ1) is 17.6. The van der Waals surface area contributed by atoms with Crippen LogP contribution in [-0.2, 0) is 6.54 Å². The Bertz CT molecular complexity index is 1330. The molecule has 0 bridgehead atoms. The van der Waals surface area contributed by atoms with Crippen LogP contribution in [-0.4, -0.2) is 52.7 Å². The Labute approximate surface area is 211 Å². The minimum atomic E-state index is -0.279. The van der Waals surface area contributed by atoms with Gasteiger partial charge in [0.1, 0.15) is 17.9 Å². The standard InChI is InChI=1S/C29H29N5O2/c1-22-12-14-24(15-13-22)28(35)31-27-26(20-30-34(27)25-10-6-3-7-11-25)29(36)33-18-16-32(17-19-33)21-23-8-4-2-5-9-23/h2-15,20H,16-19,21H2,1H3,(H,31,35)/p+1. The summed E-state index contributed by atoms with van der Waals surface area (Å²) in [5, 5.41) is 7.45. The molecule has 2 heterocycles. The van der Waals surface area contributed by atoms with Crippen molar-refractivity contribution in [3.8, 4) is 5.69 Å². The van der Waals surface area contributed by atoms with Crippen LogP contribution in [0.3, 0.4) is 0 Å². The van der Waals surface area contributed by atoms with Crippen molar-refractivity contribution in [2.45, 2.75) is 13.5 Å². The van der Waals surface area contributed by atoms with Crippen molar-refractivity contribution in [1.82, 2.24) is 14.7 Å². The molecule has 7 nitrogen and oxygen atoms in total. The minimum absolute atomic E-state index is 0.116. The van der Waals surface area contributed by atoms with E-state index in [9.17, 15) is 9.59 Å². The van der Waals surface area contributed by atoms with Crippen LogP contribution in [0.25, 0.3) is 5.69 Å². The molecule has 1 saturated heterocycles. The number of carbonyl (C=O) groups is 2.